The first-order valence-corrected chi connectivity index (χ1v) is 10.6. The van der Waals surface area contributed by atoms with Crippen LogP contribution in [-0.4, -0.2) is 51.2 Å². The number of aliphatic carboxylic acids is 2. The van der Waals surface area contributed by atoms with Gasteiger partial charge in [0.2, 0.25) is 0 Å². The van der Waals surface area contributed by atoms with E-state index in [4.69, 9.17) is 34.4 Å². The summed E-state index contributed by atoms with van der Waals surface area (Å²) in [6, 6.07) is 16.7. The molecular formula is C24H27N3O6. The van der Waals surface area contributed by atoms with Gasteiger partial charge in [-0.1, -0.05) is 25.1 Å². The van der Waals surface area contributed by atoms with Crippen molar-refractivity contribution in [3.05, 3.63) is 60.3 Å². The van der Waals surface area contributed by atoms with E-state index in [1.165, 1.54) is 0 Å². The molecule has 0 aliphatic carbocycles. The molecule has 33 heavy (non-hydrogen) atoms. The molecule has 0 bridgehead atoms. The number of fused-ring (bicyclic) bond motifs is 1. The Morgan fingerprint density at radius 2 is 1.73 bits per heavy atom. The minimum atomic E-state index is -1.82. The van der Waals surface area contributed by atoms with Gasteiger partial charge in [0, 0.05) is 29.9 Å². The molecule has 0 saturated carbocycles. The highest BCUT2D eigenvalue weighted by atomic mass is 16.6. The third-order valence-corrected chi connectivity index (χ3v) is 5.06. The van der Waals surface area contributed by atoms with E-state index >= 15 is 0 Å². The molecule has 1 atom stereocenters. The number of carbonyl (C=O) groups is 2. The molecular weight excluding hydrogens is 426 g/mol. The fourth-order valence-corrected chi connectivity index (χ4v) is 3.11. The average molecular weight is 453 g/mol. The quantitative estimate of drug-likeness (QED) is 0.486. The molecule has 0 radical (unpaired) electrons. The molecule has 0 spiro atoms. The Kier molecular flexibility index (Phi) is 8.04. The Labute approximate surface area is 191 Å². The zero-order valence-electron chi connectivity index (χ0n) is 18.5. The van der Waals surface area contributed by atoms with Crippen LogP contribution in [0.25, 0.3) is 16.9 Å². The summed E-state index contributed by atoms with van der Waals surface area (Å²) in [6.07, 6.45) is 3.20. The van der Waals surface area contributed by atoms with E-state index in [-0.39, 0.29) is 0 Å². The van der Waals surface area contributed by atoms with Crippen molar-refractivity contribution in [1.82, 2.24) is 15.1 Å². The summed E-state index contributed by atoms with van der Waals surface area (Å²) in [5.41, 5.74) is 4.21. The fourth-order valence-electron chi connectivity index (χ4n) is 3.11. The smallest absolute Gasteiger partial charge is 0.414 e. The molecule has 1 aromatic heterocycles. The van der Waals surface area contributed by atoms with Gasteiger partial charge in [0.1, 0.15) is 13.2 Å². The van der Waals surface area contributed by atoms with Gasteiger partial charge in [0.25, 0.3) is 0 Å². The van der Waals surface area contributed by atoms with E-state index in [1.807, 2.05) is 35.0 Å². The van der Waals surface area contributed by atoms with Crippen molar-refractivity contribution in [1.29, 1.82) is 0 Å². The number of carboxylic acids is 2. The molecule has 9 heteroatoms. The van der Waals surface area contributed by atoms with E-state index in [2.05, 4.69) is 43.6 Å². The highest BCUT2D eigenvalue weighted by Gasteiger charge is 2.17. The molecule has 2 heterocycles. The maximum atomic E-state index is 9.10. The van der Waals surface area contributed by atoms with E-state index in [0.29, 0.717) is 19.3 Å². The lowest BCUT2D eigenvalue weighted by atomic mass is 10.1. The summed E-state index contributed by atoms with van der Waals surface area (Å²) in [5.74, 6) is -2.06. The first-order chi connectivity index (χ1) is 15.9. The monoisotopic (exact) mass is 453 g/mol. The number of ether oxygens (including phenoxy) is 2. The lowest BCUT2D eigenvalue weighted by molar-refractivity contribution is -0.159. The van der Waals surface area contributed by atoms with Gasteiger partial charge >= 0.3 is 11.9 Å². The minimum absolute atomic E-state index is 0.457. The Hall–Kier alpha value is -3.85. The number of carboxylic acid groups (broad SMARTS) is 2. The van der Waals surface area contributed by atoms with Gasteiger partial charge in [-0.3, -0.25) is 0 Å². The summed E-state index contributed by atoms with van der Waals surface area (Å²) in [7, 11) is 0. The molecule has 9 nitrogen and oxygen atoms in total. The largest absolute Gasteiger partial charge is 0.486 e. The highest BCUT2D eigenvalue weighted by molar-refractivity contribution is 6.27. The SMILES string of the molecule is CCC(C)NCc1cn(-c2ccccc2)nc1-c1ccc2c(c1)OCCO2.O=C(O)C(=O)O. The Morgan fingerprint density at radius 3 is 2.36 bits per heavy atom. The average Bonchev–Trinajstić information content (AvgIpc) is 3.27. The molecule has 3 aromatic rings. The number of hydrogen-bond acceptors (Lipinski definition) is 6. The van der Waals surface area contributed by atoms with Crippen molar-refractivity contribution in [2.24, 2.45) is 0 Å². The second kappa shape index (κ2) is 11.1. The Morgan fingerprint density at radius 1 is 1.06 bits per heavy atom. The van der Waals surface area contributed by atoms with E-state index in [1.54, 1.807) is 0 Å². The molecule has 0 amide bonds. The van der Waals surface area contributed by atoms with Crippen molar-refractivity contribution in [2.75, 3.05) is 13.2 Å². The molecule has 2 aromatic carbocycles. The van der Waals surface area contributed by atoms with Crippen LogP contribution in [0.4, 0.5) is 0 Å². The Balaban J connectivity index is 0.000000454. The zero-order chi connectivity index (χ0) is 23.8. The number of hydrogen-bond donors (Lipinski definition) is 3. The number of rotatable bonds is 6. The Bertz CT molecular complexity index is 1080. The predicted octanol–water partition coefficient (Wildman–Crippen LogP) is 3.35. The zero-order valence-corrected chi connectivity index (χ0v) is 18.5. The first kappa shape index (κ1) is 23.8. The van der Waals surface area contributed by atoms with Crippen LogP contribution in [0.1, 0.15) is 25.8 Å². The van der Waals surface area contributed by atoms with Gasteiger partial charge in [-0.2, -0.15) is 5.10 Å². The van der Waals surface area contributed by atoms with Crippen LogP contribution in [0.3, 0.4) is 0 Å². The number of benzene rings is 2. The number of para-hydroxylation sites is 1. The van der Waals surface area contributed by atoms with Crippen molar-refractivity contribution >= 4 is 11.9 Å². The molecule has 1 aliphatic heterocycles. The second-order valence-electron chi connectivity index (χ2n) is 7.44. The summed E-state index contributed by atoms with van der Waals surface area (Å²) >= 11 is 0. The van der Waals surface area contributed by atoms with Crippen LogP contribution in [0.2, 0.25) is 0 Å². The lowest BCUT2D eigenvalue weighted by Crippen LogP contribution is -2.24. The summed E-state index contributed by atoms with van der Waals surface area (Å²) < 4.78 is 13.4. The standard InChI is InChI=1S/C22H25N3O2.C2H2O4/c1-3-16(2)23-14-18-15-25(19-7-5-4-6-8-19)24-22(18)17-9-10-20-21(13-17)27-12-11-26-20;3-1(4)2(5)6/h4-10,13,15-16,23H,3,11-12,14H2,1-2H3;(H,3,4)(H,5,6). The summed E-state index contributed by atoms with van der Waals surface area (Å²) in [6.45, 7) is 6.33. The molecule has 174 valence electrons. The lowest BCUT2D eigenvalue weighted by Gasteiger charge is -2.18. The molecule has 0 saturated heterocycles. The van der Waals surface area contributed by atoms with E-state index < -0.39 is 11.9 Å². The normalized spacial score (nSPS) is 12.9. The third-order valence-electron chi connectivity index (χ3n) is 5.06. The number of nitrogens with zero attached hydrogens (tertiary/aromatic N) is 2. The van der Waals surface area contributed by atoms with Gasteiger partial charge in [0.05, 0.1) is 11.4 Å². The topological polar surface area (TPSA) is 123 Å². The van der Waals surface area contributed by atoms with Crippen LogP contribution >= 0.6 is 0 Å². The number of nitrogens with one attached hydrogen (secondary N) is 1. The van der Waals surface area contributed by atoms with Gasteiger partial charge in [-0.25, -0.2) is 14.3 Å². The van der Waals surface area contributed by atoms with Crippen LogP contribution in [-0.2, 0) is 16.1 Å². The maximum Gasteiger partial charge on any atom is 0.414 e. The van der Waals surface area contributed by atoms with Crippen molar-refractivity contribution in [2.45, 2.75) is 32.9 Å². The first-order valence-electron chi connectivity index (χ1n) is 10.6. The predicted molar refractivity (Wildman–Crippen MR) is 122 cm³/mol. The molecule has 3 N–H and O–H groups in total. The third kappa shape index (κ3) is 6.33. The van der Waals surface area contributed by atoms with Gasteiger partial charge in [-0.05, 0) is 43.7 Å². The molecule has 1 unspecified atom stereocenters. The van der Waals surface area contributed by atoms with Gasteiger partial charge < -0.3 is 25.0 Å². The summed E-state index contributed by atoms with van der Waals surface area (Å²) in [4.78, 5) is 18.2. The van der Waals surface area contributed by atoms with Gasteiger partial charge in [0.15, 0.2) is 11.5 Å². The summed E-state index contributed by atoms with van der Waals surface area (Å²) in [5, 5.41) is 23.2. The number of aromatic nitrogens is 2. The van der Waals surface area contributed by atoms with Gasteiger partial charge in [-0.15, -0.1) is 0 Å². The van der Waals surface area contributed by atoms with E-state index in [9.17, 15) is 0 Å². The maximum absolute atomic E-state index is 9.10. The van der Waals surface area contributed by atoms with Crippen molar-refractivity contribution < 1.29 is 29.3 Å². The molecule has 0 fully saturated rings. The van der Waals surface area contributed by atoms with Crippen LogP contribution in [0.15, 0.2) is 54.7 Å². The van der Waals surface area contributed by atoms with Crippen LogP contribution in [0.5, 0.6) is 11.5 Å². The highest BCUT2D eigenvalue weighted by Crippen LogP contribution is 2.35. The van der Waals surface area contributed by atoms with Crippen molar-refractivity contribution in [3.8, 4) is 28.4 Å². The minimum Gasteiger partial charge on any atom is -0.486 e. The van der Waals surface area contributed by atoms with Crippen LogP contribution in [0, 0.1) is 0 Å². The molecule has 1 aliphatic rings. The second-order valence-corrected chi connectivity index (χ2v) is 7.44. The fraction of sp³-hybridized carbons (Fsp3) is 0.292. The molecule has 4 rings (SSSR count). The van der Waals surface area contributed by atoms with Crippen molar-refractivity contribution in [3.63, 3.8) is 0 Å². The van der Waals surface area contributed by atoms with Crippen LogP contribution < -0.4 is 14.8 Å². The van der Waals surface area contributed by atoms with E-state index in [0.717, 1.165) is 47.0 Å².